The number of anilines is 2. The molecule has 0 aliphatic heterocycles. The molecule has 37 heavy (non-hydrogen) atoms. The van der Waals surface area contributed by atoms with Gasteiger partial charge in [-0.25, -0.2) is 9.97 Å². The van der Waals surface area contributed by atoms with Crippen LogP contribution in [0, 0.1) is 5.92 Å². The number of aliphatic carboxylic acids is 2. The zero-order valence-electron chi connectivity index (χ0n) is 20.7. The van der Waals surface area contributed by atoms with E-state index >= 15 is 0 Å². The fourth-order valence-corrected chi connectivity index (χ4v) is 3.69. The maximum Gasteiger partial charge on any atom is 0.306 e. The first kappa shape index (κ1) is 27.2. The minimum atomic E-state index is -1.05. The van der Waals surface area contributed by atoms with Gasteiger partial charge in [-0.2, -0.15) is 4.98 Å². The third-order valence-corrected chi connectivity index (χ3v) is 5.59. The van der Waals surface area contributed by atoms with Gasteiger partial charge in [0.25, 0.3) is 5.56 Å². The van der Waals surface area contributed by atoms with E-state index in [9.17, 15) is 24.3 Å². The number of carboxylic acids is 2. The molecule has 0 amide bonds. The van der Waals surface area contributed by atoms with Gasteiger partial charge in [0.15, 0.2) is 16.9 Å². The lowest BCUT2D eigenvalue weighted by atomic mass is 9.95. The van der Waals surface area contributed by atoms with E-state index in [2.05, 4.69) is 30.6 Å². The maximum atomic E-state index is 12.5. The number of nitrogens with one attached hydrogen (secondary N) is 3. The minimum absolute atomic E-state index is 0.0437. The number of carbonyl (C=O) groups is 3. The minimum Gasteiger partial charge on any atom is -0.481 e. The summed E-state index contributed by atoms with van der Waals surface area (Å²) in [5.74, 6) is -2.65. The van der Waals surface area contributed by atoms with Crippen LogP contribution >= 0.6 is 0 Å². The molecule has 12 heteroatoms. The average molecular weight is 511 g/mol. The molecule has 0 bridgehead atoms. The molecule has 0 saturated carbocycles. The zero-order valence-corrected chi connectivity index (χ0v) is 20.7. The predicted molar refractivity (Wildman–Crippen MR) is 137 cm³/mol. The van der Waals surface area contributed by atoms with Crippen molar-refractivity contribution < 1.29 is 24.6 Å². The Morgan fingerprint density at radius 2 is 1.76 bits per heavy atom. The molecule has 1 unspecified atom stereocenters. The van der Waals surface area contributed by atoms with Crippen molar-refractivity contribution in [3.63, 3.8) is 0 Å². The molecule has 3 aromatic rings. The number of hydrogen-bond acceptors (Lipinski definition) is 9. The second-order valence-corrected chi connectivity index (χ2v) is 8.96. The first-order valence-electron chi connectivity index (χ1n) is 12.0. The topological polar surface area (TPSA) is 187 Å². The van der Waals surface area contributed by atoms with E-state index in [1.165, 1.54) is 0 Å². The molecule has 0 radical (unpaired) electrons. The van der Waals surface area contributed by atoms with E-state index in [0.717, 1.165) is 5.69 Å². The normalized spacial score (nSPS) is 11.9. The molecule has 0 saturated heterocycles. The number of aromatic nitrogens is 4. The van der Waals surface area contributed by atoms with Crippen LogP contribution in [0.2, 0.25) is 0 Å². The van der Waals surface area contributed by atoms with Crippen molar-refractivity contribution in [3.8, 4) is 0 Å². The smallest absolute Gasteiger partial charge is 0.306 e. The van der Waals surface area contributed by atoms with Gasteiger partial charge in [-0.05, 0) is 57.4 Å². The number of benzene rings is 1. The summed E-state index contributed by atoms with van der Waals surface area (Å²) in [5.41, 5.74) is 1.78. The molecule has 0 spiro atoms. The Bertz CT molecular complexity index is 1320. The molecule has 2 aromatic heterocycles. The first-order chi connectivity index (χ1) is 17.6. The van der Waals surface area contributed by atoms with Crippen LogP contribution in [0.4, 0.5) is 11.6 Å². The molecule has 1 aromatic carbocycles. The number of fused-ring (bicyclic) bond motifs is 1. The fraction of sp³-hybridized carbons (Fsp3) is 0.400. The summed E-state index contributed by atoms with van der Waals surface area (Å²) in [6.45, 7) is 4.16. The van der Waals surface area contributed by atoms with Crippen LogP contribution < -0.4 is 16.2 Å². The van der Waals surface area contributed by atoms with Crippen LogP contribution in [-0.4, -0.2) is 53.9 Å². The molecular formula is C25H30N6O6. The number of Topliss-reactive ketones (excluding diaryl/α,β-unsaturated/α-hetero) is 1. The standard InChI is InChI=1S/C25H30N6O6/c1-14(2)28-25-30-22-21(23(35)31-25)29-18(13-27-22)12-26-17-9-6-15(7-10-17)19(32)5-3-4-16(24(36)37)8-11-20(33)34/h6-7,9-10,13-14,16,26H,3-5,8,11-12H2,1-2H3,(H,33,34)(H,36,37)(H2,27,28,30,31,35). The van der Waals surface area contributed by atoms with Crippen LogP contribution in [0.3, 0.4) is 0 Å². The lowest BCUT2D eigenvalue weighted by molar-refractivity contribution is -0.143. The molecule has 12 nitrogen and oxygen atoms in total. The number of H-pyrrole nitrogens is 1. The van der Waals surface area contributed by atoms with Crippen molar-refractivity contribution in [3.05, 3.63) is 52.1 Å². The van der Waals surface area contributed by atoms with Gasteiger partial charge < -0.3 is 20.8 Å². The molecule has 0 aliphatic rings. The summed E-state index contributed by atoms with van der Waals surface area (Å²) < 4.78 is 0. The highest BCUT2D eigenvalue weighted by atomic mass is 16.4. The second-order valence-electron chi connectivity index (χ2n) is 8.96. The molecule has 196 valence electrons. The van der Waals surface area contributed by atoms with Crippen LogP contribution in [0.1, 0.15) is 62.0 Å². The van der Waals surface area contributed by atoms with Crippen molar-refractivity contribution in [2.75, 3.05) is 10.6 Å². The number of nitrogens with zero attached hydrogens (tertiary/aromatic N) is 3. The number of rotatable bonds is 14. The number of carboxylic acid groups (broad SMARTS) is 2. The van der Waals surface area contributed by atoms with Crippen molar-refractivity contribution in [1.29, 1.82) is 0 Å². The largest absolute Gasteiger partial charge is 0.481 e. The number of aromatic amines is 1. The SMILES string of the molecule is CC(C)Nc1nc2ncc(CNc3ccc(C(=O)CCCC(CCC(=O)O)C(=O)O)cc3)nc2c(=O)[nH]1. The molecule has 2 heterocycles. The summed E-state index contributed by atoms with van der Waals surface area (Å²) in [6.07, 6.45) is 2.15. The Morgan fingerprint density at radius 3 is 2.41 bits per heavy atom. The highest BCUT2D eigenvalue weighted by Gasteiger charge is 2.19. The quantitative estimate of drug-likeness (QED) is 0.201. The monoisotopic (exact) mass is 510 g/mol. The summed E-state index contributed by atoms with van der Waals surface area (Å²) in [5, 5.41) is 24.2. The highest BCUT2D eigenvalue weighted by molar-refractivity contribution is 5.96. The summed E-state index contributed by atoms with van der Waals surface area (Å²) in [6, 6.07) is 6.93. The van der Waals surface area contributed by atoms with Crippen molar-refractivity contribution in [2.24, 2.45) is 5.92 Å². The Labute approximate surface area is 212 Å². The van der Waals surface area contributed by atoms with E-state index in [1.807, 2.05) is 13.8 Å². The first-order valence-corrected chi connectivity index (χ1v) is 12.0. The van der Waals surface area contributed by atoms with E-state index < -0.39 is 17.9 Å². The second kappa shape index (κ2) is 12.6. The van der Waals surface area contributed by atoms with Gasteiger partial charge in [-0.3, -0.25) is 24.2 Å². The van der Waals surface area contributed by atoms with Gasteiger partial charge in [0.05, 0.1) is 24.4 Å². The van der Waals surface area contributed by atoms with Crippen LogP contribution in [-0.2, 0) is 16.1 Å². The van der Waals surface area contributed by atoms with Crippen LogP contribution in [0.15, 0.2) is 35.3 Å². The summed E-state index contributed by atoms with van der Waals surface area (Å²) >= 11 is 0. The third kappa shape index (κ3) is 8.09. The van der Waals surface area contributed by atoms with Gasteiger partial charge in [0.1, 0.15) is 0 Å². The molecule has 1 atom stereocenters. The third-order valence-electron chi connectivity index (χ3n) is 5.59. The lowest BCUT2D eigenvalue weighted by Gasteiger charge is -2.11. The summed E-state index contributed by atoms with van der Waals surface area (Å²) in [7, 11) is 0. The number of hydrogen-bond donors (Lipinski definition) is 5. The molecule has 0 aliphatic carbocycles. The Hall–Kier alpha value is -4.35. The number of ketones is 1. The van der Waals surface area contributed by atoms with Gasteiger partial charge >= 0.3 is 11.9 Å². The van der Waals surface area contributed by atoms with Gasteiger partial charge in [-0.1, -0.05) is 0 Å². The van der Waals surface area contributed by atoms with Crippen LogP contribution in [0.25, 0.3) is 11.2 Å². The lowest BCUT2D eigenvalue weighted by Crippen LogP contribution is -2.19. The molecule has 5 N–H and O–H groups in total. The van der Waals surface area contributed by atoms with E-state index in [1.54, 1.807) is 30.5 Å². The van der Waals surface area contributed by atoms with Gasteiger partial charge in [0, 0.05) is 30.1 Å². The van der Waals surface area contributed by atoms with Crippen molar-refractivity contribution >= 4 is 40.5 Å². The zero-order chi connectivity index (χ0) is 26.9. The van der Waals surface area contributed by atoms with Gasteiger partial charge in [0.2, 0.25) is 5.95 Å². The van der Waals surface area contributed by atoms with Crippen LogP contribution in [0.5, 0.6) is 0 Å². The Morgan fingerprint density at radius 1 is 1.03 bits per heavy atom. The van der Waals surface area contributed by atoms with E-state index in [0.29, 0.717) is 30.2 Å². The maximum absolute atomic E-state index is 12.5. The molecular weight excluding hydrogens is 480 g/mol. The van der Waals surface area contributed by atoms with Crippen molar-refractivity contribution in [1.82, 2.24) is 19.9 Å². The van der Waals surface area contributed by atoms with Gasteiger partial charge in [-0.15, -0.1) is 0 Å². The Balaban J connectivity index is 1.53. The summed E-state index contributed by atoms with van der Waals surface area (Å²) in [4.78, 5) is 62.3. The molecule has 3 rings (SSSR count). The van der Waals surface area contributed by atoms with Crippen molar-refractivity contribution in [2.45, 2.75) is 58.5 Å². The number of carbonyl (C=O) groups excluding carboxylic acids is 1. The van der Waals surface area contributed by atoms with E-state index in [-0.39, 0.29) is 54.2 Å². The Kier molecular flexibility index (Phi) is 9.25. The predicted octanol–water partition coefficient (Wildman–Crippen LogP) is 3.06. The molecule has 0 fully saturated rings. The highest BCUT2D eigenvalue weighted by Crippen LogP contribution is 2.18. The average Bonchev–Trinajstić information content (AvgIpc) is 2.84. The van der Waals surface area contributed by atoms with E-state index in [4.69, 9.17) is 5.11 Å². The fourth-order valence-electron chi connectivity index (χ4n) is 3.69.